The Bertz CT molecular complexity index is 279. The number of nitrogens with zero attached hydrogens (tertiary/aromatic N) is 2. The first kappa shape index (κ1) is 18.0. The van der Waals surface area contributed by atoms with E-state index in [1.54, 1.807) is 6.08 Å². The molecule has 0 radical (unpaired) electrons. The second kappa shape index (κ2) is 10.9. The van der Waals surface area contributed by atoms with Crippen molar-refractivity contribution in [2.75, 3.05) is 33.7 Å². The number of rotatable bonds is 4. The van der Waals surface area contributed by atoms with Crippen LogP contribution in [0.5, 0.6) is 0 Å². The summed E-state index contributed by atoms with van der Waals surface area (Å²) in [5.41, 5.74) is 1.18. The molecule has 0 bridgehead atoms. The third kappa shape index (κ3) is 9.54. The summed E-state index contributed by atoms with van der Waals surface area (Å²) in [5, 5.41) is 0. The van der Waals surface area contributed by atoms with Crippen LogP contribution in [0.1, 0.15) is 33.1 Å². The highest BCUT2D eigenvalue weighted by Gasteiger charge is 2.14. The Kier molecular flexibility index (Phi) is 10.3. The minimum Gasteiger partial charge on any atom is -0.372 e. The molecule has 19 heavy (non-hydrogen) atoms. The molecule has 1 aliphatic heterocycles. The van der Waals surface area contributed by atoms with Crippen molar-refractivity contribution >= 4 is 0 Å². The van der Waals surface area contributed by atoms with Gasteiger partial charge in [-0.3, -0.25) is 0 Å². The van der Waals surface area contributed by atoms with E-state index in [0.29, 0.717) is 0 Å². The van der Waals surface area contributed by atoms with Crippen molar-refractivity contribution < 1.29 is 0 Å². The SMILES string of the molecule is C=C(/C=C/CN(C)C)N1CCCC[C@@H](C)C1.C=CC. The molecular formula is C17H32N2. The lowest BCUT2D eigenvalue weighted by molar-refractivity contribution is 0.328. The van der Waals surface area contributed by atoms with Crippen molar-refractivity contribution in [1.29, 1.82) is 0 Å². The average molecular weight is 264 g/mol. The molecular weight excluding hydrogens is 232 g/mol. The largest absolute Gasteiger partial charge is 0.372 e. The van der Waals surface area contributed by atoms with Crippen molar-refractivity contribution in [1.82, 2.24) is 9.80 Å². The van der Waals surface area contributed by atoms with Gasteiger partial charge in [-0.05, 0) is 45.9 Å². The molecule has 0 saturated carbocycles. The molecule has 0 aromatic heterocycles. The van der Waals surface area contributed by atoms with Gasteiger partial charge in [-0.1, -0.05) is 32.1 Å². The Hall–Kier alpha value is -1.02. The molecule has 1 saturated heterocycles. The van der Waals surface area contributed by atoms with Gasteiger partial charge in [0.2, 0.25) is 0 Å². The van der Waals surface area contributed by atoms with Crippen LogP contribution in [0.25, 0.3) is 0 Å². The van der Waals surface area contributed by atoms with Crippen LogP contribution in [0, 0.1) is 5.92 Å². The smallest absolute Gasteiger partial charge is 0.0290 e. The van der Waals surface area contributed by atoms with E-state index in [-0.39, 0.29) is 0 Å². The van der Waals surface area contributed by atoms with Gasteiger partial charge in [-0.15, -0.1) is 6.58 Å². The van der Waals surface area contributed by atoms with Crippen LogP contribution in [0.2, 0.25) is 0 Å². The van der Waals surface area contributed by atoms with Gasteiger partial charge in [0.15, 0.2) is 0 Å². The number of likely N-dealkylation sites (N-methyl/N-ethyl adjacent to an activating group) is 1. The molecule has 0 aromatic carbocycles. The summed E-state index contributed by atoms with van der Waals surface area (Å²) in [7, 11) is 4.17. The molecule has 1 rings (SSSR count). The Balaban J connectivity index is 0.000000982. The monoisotopic (exact) mass is 264 g/mol. The normalized spacial score (nSPS) is 19.8. The Labute approximate surface area is 120 Å². The fourth-order valence-corrected chi connectivity index (χ4v) is 2.12. The van der Waals surface area contributed by atoms with Gasteiger partial charge in [0.05, 0.1) is 0 Å². The van der Waals surface area contributed by atoms with E-state index >= 15 is 0 Å². The summed E-state index contributed by atoms with van der Waals surface area (Å²) in [6.07, 6.45) is 10.2. The van der Waals surface area contributed by atoms with Crippen LogP contribution in [0.4, 0.5) is 0 Å². The number of likely N-dealkylation sites (tertiary alicyclic amines) is 1. The maximum Gasteiger partial charge on any atom is 0.0290 e. The zero-order valence-electron chi connectivity index (χ0n) is 13.4. The van der Waals surface area contributed by atoms with E-state index in [4.69, 9.17) is 0 Å². The van der Waals surface area contributed by atoms with E-state index < -0.39 is 0 Å². The van der Waals surface area contributed by atoms with Gasteiger partial charge < -0.3 is 9.80 Å². The van der Waals surface area contributed by atoms with Gasteiger partial charge in [0, 0.05) is 25.3 Å². The number of hydrogen-bond donors (Lipinski definition) is 0. The molecule has 1 atom stereocenters. The maximum atomic E-state index is 4.17. The summed E-state index contributed by atoms with van der Waals surface area (Å²) in [6.45, 7) is 15.1. The Morgan fingerprint density at radius 3 is 2.58 bits per heavy atom. The summed E-state index contributed by atoms with van der Waals surface area (Å²) in [5.74, 6) is 0.807. The fourth-order valence-electron chi connectivity index (χ4n) is 2.12. The van der Waals surface area contributed by atoms with Crippen LogP contribution >= 0.6 is 0 Å². The topological polar surface area (TPSA) is 6.48 Å². The molecule has 0 unspecified atom stereocenters. The molecule has 110 valence electrons. The minimum atomic E-state index is 0.807. The van der Waals surface area contributed by atoms with Crippen molar-refractivity contribution in [2.45, 2.75) is 33.1 Å². The zero-order valence-corrected chi connectivity index (χ0v) is 13.4. The van der Waals surface area contributed by atoms with E-state index in [2.05, 4.69) is 56.1 Å². The molecule has 0 N–H and O–H groups in total. The third-order valence-electron chi connectivity index (χ3n) is 3.09. The van der Waals surface area contributed by atoms with E-state index in [9.17, 15) is 0 Å². The third-order valence-corrected chi connectivity index (χ3v) is 3.09. The van der Waals surface area contributed by atoms with Crippen LogP contribution in [0.15, 0.2) is 37.1 Å². The van der Waals surface area contributed by atoms with Crippen molar-refractivity contribution in [3.63, 3.8) is 0 Å². The Morgan fingerprint density at radius 2 is 2.00 bits per heavy atom. The first-order chi connectivity index (χ1) is 9.01. The summed E-state index contributed by atoms with van der Waals surface area (Å²) in [4.78, 5) is 4.60. The molecule has 0 spiro atoms. The molecule has 1 fully saturated rings. The molecule has 0 aliphatic carbocycles. The van der Waals surface area contributed by atoms with Crippen LogP contribution in [-0.2, 0) is 0 Å². The fraction of sp³-hybridized carbons (Fsp3) is 0.647. The molecule has 0 amide bonds. The average Bonchev–Trinajstić information content (AvgIpc) is 2.54. The van der Waals surface area contributed by atoms with E-state index in [1.807, 2.05) is 6.92 Å². The van der Waals surface area contributed by atoms with Gasteiger partial charge in [0.1, 0.15) is 0 Å². The highest BCUT2D eigenvalue weighted by atomic mass is 15.1. The van der Waals surface area contributed by atoms with Gasteiger partial charge >= 0.3 is 0 Å². The lowest BCUT2D eigenvalue weighted by Gasteiger charge is -2.25. The standard InChI is InChI=1S/C14H26N2.C3H6/c1-13-8-5-6-11-16(12-13)14(2)9-7-10-15(3)4;1-3-2/h7,9,13H,2,5-6,8,10-12H2,1,3-4H3;3H,1H2,2H3/b9-7+;/t13-;/m1./s1. The van der Waals surface area contributed by atoms with Crippen LogP contribution in [0.3, 0.4) is 0 Å². The Morgan fingerprint density at radius 1 is 1.37 bits per heavy atom. The summed E-state index contributed by atoms with van der Waals surface area (Å²) in [6, 6.07) is 0. The van der Waals surface area contributed by atoms with Gasteiger partial charge in [0.25, 0.3) is 0 Å². The maximum absolute atomic E-state index is 4.17. The second-order valence-electron chi connectivity index (χ2n) is 5.61. The second-order valence-corrected chi connectivity index (χ2v) is 5.61. The predicted molar refractivity (Wildman–Crippen MR) is 87.3 cm³/mol. The van der Waals surface area contributed by atoms with Crippen molar-refractivity contribution in [2.24, 2.45) is 5.92 Å². The first-order valence-corrected chi connectivity index (χ1v) is 7.33. The summed E-state index contributed by atoms with van der Waals surface area (Å²) >= 11 is 0. The zero-order chi connectivity index (χ0) is 14.7. The lowest BCUT2D eigenvalue weighted by atomic mass is 10.1. The lowest BCUT2D eigenvalue weighted by Crippen LogP contribution is -2.25. The van der Waals surface area contributed by atoms with Crippen molar-refractivity contribution in [3.05, 3.63) is 37.1 Å². The number of hydrogen-bond acceptors (Lipinski definition) is 2. The first-order valence-electron chi connectivity index (χ1n) is 7.33. The van der Waals surface area contributed by atoms with Crippen LogP contribution in [-0.4, -0.2) is 43.5 Å². The molecule has 1 heterocycles. The van der Waals surface area contributed by atoms with Gasteiger partial charge in [-0.25, -0.2) is 0 Å². The molecule has 2 heteroatoms. The predicted octanol–water partition coefficient (Wildman–Crippen LogP) is 3.93. The van der Waals surface area contributed by atoms with Crippen molar-refractivity contribution in [3.8, 4) is 0 Å². The summed E-state index contributed by atoms with van der Waals surface area (Å²) < 4.78 is 0. The van der Waals surface area contributed by atoms with Gasteiger partial charge in [-0.2, -0.15) is 0 Å². The van der Waals surface area contributed by atoms with E-state index in [0.717, 1.165) is 12.5 Å². The quantitative estimate of drug-likeness (QED) is 0.561. The van der Waals surface area contributed by atoms with E-state index in [1.165, 1.54) is 38.0 Å². The van der Waals surface area contributed by atoms with Crippen LogP contribution < -0.4 is 0 Å². The highest BCUT2D eigenvalue weighted by molar-refractivity contribution is 5.14. The molecule has 0 aromatic rings. The molecule has 2 nitrogen and oxygen atoms in total. The minimum absolute atomic E-state index is 0.807. The number of allylic oxidation sites excluding steroid dienone is 2. The highest BCUT2D eigenvalue weighted by Crippen LogP contribution is 2.18. The molecule has 1 aliphatic rings.